The van der Waals surface area contributed by atoms with E-state index in [1.807, 2.05) is 44.3 Å². The molecule has 0 fully saturated rings. The molecule has 0 spiro atoms. The van der Waals surface area contributed by atoms with E-state index < -0.39 is 6.36 Å². The Bertz CT molecular complexity index is 1050. The van der Waals surface area contributed by atoms with Gasteiger partial charge in [-0.25, -0.2) is 0 Å². The van der Waals surface area contributed by atoms with Crippen molar-refractivity contribution in [2.45, 2.75) is 32.8 Å². The molecule has 4 rings (SSSR count). The molecule has 0 bridgehead atoms. The number of nitrogens with zero attached hydrogens (tertiary/aromatic N) is 1. The third-order valence-electron chi connectivity index (χ3n) is 5.02. The lowest BCUT2D eigenvalue weighted by molar-refractivity contribution is -0.274. The van der Waals surface area contributed by atoms with Gasteiger partial charge in [0.25, 0.3) is 0 Å². The minimum Gasteiger partial charge on any atom is -0.490 e. The molecule has 3 aromatic rings. The number of halogens is 4. The minimum absolute atomic E-state index is 0. The van der Waals surface area contributed by atoms with E-state index in [9.17, 15) is 13.2 Å². The molecule has 1 aliphatic heterocycles. The van der Waals surface area contributed by atoms with Crippen LogP contribution in [0.2, 0.25) is 0 Å². The molecule has 32 heavy (non-hydrogen) atoms. The van der Waals surface area contributed by atoms with Crippen LogP contribution in [0.5, 0.6) is 17.2 Å². The first-order valence-corrected chi connectivity index (χ1v) is 10.1. The van der Waals surface area contributed by atoms with Crippen molar-refractivity contribution in [2.24, 2.45) is 0 Å². The predicted molar refractivity (Wildman–Crippen MR) is 117 cm³/mol. The molecule has 9 heteroatoms. The molecule has 0 radical (unpaired) electrons. The number of hydrogen-bond acceptors (Lipinski definition) is 4. The second-order valence-electron chi connectivity index (χ2n) is 7.03. The number of alkyl halides is 3. The van der Waals surface area contributed by atoms with E-state index in [0.29, 0.717) is 31.3 Å². The van der Waals surface area contributed by atoms with Gasteiger partial charge in [-0.05, 0) is 55.3 Å². The van der Waals surface area contributed by atoms with E-state index in [1.54, 1.807) is 12.1 Å². The summed E-state index contributed by atoms with van der Waals surface area (Å²) in [4.78, 5) is 0. The summed E-state index contributed by atoms with van der Waals surface area (Å²) in [5.74, 6) is 1.12. The van der Waals surface area contributed by atoms with E-state index >= 15 is 0 Å². The van der Waals surface area contributed by atoms with Gasteiger partial charge < -0.3 is 24.1 Å². The van der Waals surface area contributed by atoms with Gasteiger partial charge in [-0.3, -0.25) is 0 Å². The lowest BCUT2D eigenvalue weighted by atomic mass is 10.0. The summed E-state index contributed by atoms with van der Waals surface area (Å²) in [6.07, 6.45) is -2.75. The minimum atomic E-state index is -4.71. The molecule has 172 valence electrons. The van der Waals surface area contributed by atoms with E-state index in [1.165, 1.54) is 12.1 Å². The summed E-state index contributed by atoms with van der Waals surface area (Å²) < 4.78 is 55.0. The Morgan fingerprint density at radius 2 is 1.66 bits per heavy atom. The summed E-state index contributed by atoms with van der Waals surface area (Å²) in [7, 11) is 0. The summed E-state index contributed by atoms with van der Waals surface area (Å²) in [5.41, 5.74) is 3.80. The summed E-state index contributed by atoms with van der Waals surface area (Å²) in [5, 5.41) is 3.50. The molecule has 1 N–H and O–H groups in total. The zero-order valence-electron chi connectivity index (χ0n) is 17.6. The van der Waals surface area contributed by atoms with Gasteiger partial charge in [0.2, 0.25) is 0 Å². The Kier molecular flexibility index (Phi) is 7.26. The molecule has 0 amide bonds. The van der Waals surface area contributed by atoms with E-state index in [2.05, 4.69) is 14.6 Å². The number of aromatic nitrogens is 1. The van der Waals surface area contributed by atoms with Crippen LogP contribution in [0.3, 0.4) is 0 Å². The number of hydrogen-bond donors (Lipinski definition) is 1. The zero-order valence-corrected chi connectivity index (χ0v) is 18.4. The van der Waals surface area contributed by atoms with Crippen LogP contribution in [0.4, 0.5) is 13.2 Å². The molecule has 0 saturated heterocycles. The maximum absolute atomic E-state index is 12.5. The first-order chi connectivity index (χ1) is 14.9. The first-order valence-electron chi connectivity index (χ1n) is 10.1. The summed E-state index contributed by atoms with van der Waals surface area (Å²) >= 11 is 0. The van der Waals surface area contributed by atoms with Crippen LogP contribution in [0, 0.1) is 0 Å². The Morgan fingerprint density at radius 1 is 1.00 bits per heavy atom. The highest BCUT2D eigenvalue weighted by Gasteiger charge is 2.31. The quantitative estimate of drug-likeness (QED) is 0.497. The van der Waals surface area contributed by atoms with Gasteiger partial charge in [0.05, 0.1) is 24.9 Å². The largest absolute Gasteiger partial charge is 0.573 e. The van der Waals surface area contributed by atoms with Gasteiger partial charge in [-0.15, -0.1) is 25.6 Å². The second-order valence-corrected chi connectivity index (χ2v) is 7.03. The van der Waals surface area contributed by atoms with Gasteiger partial charge in [0.15, 0.2) is 11.5 Å². The van der Waals surface area contributed by atoms with E-state index in [-0.39, 0.29) is 24.2 Å². The molecular weight excluding hydrogens is 445 g/mol. The van der Waals surface area contributed by atoms with Crippen LogP contribution in [-0.4, -0.2) is 24.1 Å². The maximum atomic E-state index is 12.5. The van der Waals surface area contributed by atoms with Crippen LogP contribution in [0.15, 0.2) is 54.7 Å². The Morgan fingerprint density at radius 3 is 2.28 bits per heavy atom. The van der Waals surface area contributed by atoms with Crippen molar-refractivity contribution in [3.63, 3.8) is 0 Å². The third kappa shape index (κ3) is 4.97. The summed E-state index contributed by atoms with van der Waals surface area (Å²) in [6.45, 7) is 5.44. The number of ether oxygens (including phenoxy) is 3. The predicted octanol–water partition coefficient (Wildman–Crippen LogP) is 5.79. The van der Waals surface area contributed by atoms with Crippen molar-refractivity contribution >= 4 is 12.4 Å². The maximum Gasteiger partial charge on any atom is 0.573 e. The van der Waals surface area contributed by atoms with Gasteiger partial charge in [0, 0.05) is 24.5 Å². The molecule has 1 unspecified atom stereocenters. The van der Waals surface area contributed by atoms with Crippen LogP contribution < -0.4 is 19.5 Å². The van der Waals surface area contributed by atoms with E-state index in [4.69, 9.17) is 9.47 Å². The monoisotopic (exact) mass is 468 g/mol. The molecule has 0 saturated carbocycles. The van der Waals surface area contributed by atoms with Crippen LogP contribution in [0.25, 0.3) is 5.69 Å². The van der Waals surface area contributed by atoms with Crippen molar-refractivity contribution < 1.29 is 27.4 Å². The average molecular weight is 469 g/mol. The SMILES string of the molecule is CCOc1cc2c(cc1OCC)-n1cccc1C(c1ccc(OC(F)(F)F)cc1)NC2.Cl. The van der Waals surface area contributed by atoms with Crippen molar-refractivity contribution in [3.05, 3.63) is 71.5 Å². The highest BCUT2D eigenvalue weighted by atomic mass is 35.5. The number of rotatable bonds is 6. The fraction of sp³-hybridized carbons (Fsp3) is 0.304. The van der Waals surface area contributed by atoms with Crippen LogP contribution in [0.1, 0.15) is 36.7 Å². The van der Waals surface area contributed by atoms with Crippen molar-refractivity contribution in [1.82, 2.24) is 9.88 Å². The fourth-order valence-electron chi connectivity index (χ4n) is 3.81. The van der Waals surface area contributed by atoms with Gasteiger partial charge in [-0.1, -0.05) is 12.1 Å². The highest BCUT2D eigenvalue weighted by Crippen LogP contribution is 2.37. The zero-order chi connectivity index (χ0) is 22.0. The lowest BCUT2D eigenvalue weighted by Crippen LogP contribution is -2.21. The fourth-order valence-corrected chi connectivity index (χ4v) is 3.81. The smallest absolute Gasteiger partial charge is 0.490 e. The molecule has 1 aliphatic rings. The average Bonchev–Trinajstić information content (AvgIpc) is 3.14. The molecular formula is C23H24ClF3N2O3. The molecule has 2 heterocycles. The number of fused-ring (bicyclic) bond motifs is 3. The number of benzene rings is 2. The van der Waals surface area contributed by atoms with Crippen molar-refractivity contribution in [2.75, 3.05) is 13.2 Å². The first kappa shape index (κ1) is 23.8. The van der Waals surface area contributed by atoms with Crippen molar-refractivity contribution in [3.8, 4) is 22.9 Å². The van der Waals surface area contributed by atoms with Crippen LogP contribution in [-0.2, 0) is 6.54 Å². The topological polar surface area (TPSA) is 44.7 Å². The molecule has 0 aliphatic carbocycles. The van der Waals surface area contributed by atoms with Gasteiger partial charge in [-0.2, -0.15) is 0 Å². The Hall–Kier alpha value is -2.84. The van der Waals surface area contributed by atoms with Crippen LogP contribution >= 0.6 is 12.4 Å². The third-order valence-corrected chi connectivity index (χ3v) is 5.02. The van der Waals surface area contributed by atoms with E-state index in [0.717, 1.165) is 22.5 Å². The summed E-state index contributed by atoms with van der Waals surface area (Å²) in [6, 6.07) is 13.6. The number of nitrogens with one attached hydrogen (secondary N) is 1. The highest BCUT2D eigenvalue weighted by molar-refractivity contribution is 5.85. The molecule has 5 nitrogen and oxygen atoms in total. The molecule has 2 aromatic carbocycles. The molecule has 1 atom stereocenters. The Labute approximate surface area is 190 Å². The van der Waals surface area contributed by atoms with Gasteiger partial charge >= 0.3 is 6.36 Å². The van der Waals surface area contributed by atoms with Crippen molar-refractivity contribution in [1.29, 1.82) is 0 Å². The second kappa shape index (κ2) is 9.75. The lowest BCUT2D eigenvalue weighted by Gasteiger charge is -2.19. The van der Waals surface area contributed by atoms with Gasteiger partial charge in [0.1, 0.15) is 5.75 Å². The normalized spacial score (nSPS) is 15.1. The standard InChI is InChI=1S/C23H23F3N2O3.ClH/c1-3-29-20-12-16-14-27-22(15-7-9-17(10-8-15)31-23(24,25)26)18-6-5-11-28(18)19(16)13-21(20)30-4-2;/h5-13,22,27H,3-4,14H2,1-2H3;1H. The Balaban J connectivity index is 0.00000289. The molecule has 1 aromatic heterocycles.